The van der Waals surface area contributed by atoms with Crippen LogP contribution in [0.3, 0.4) is 0 Å². The van der Waals surface area contributed by atoms with Gasteiger partial charge in [0.05, 0.1) is 0 Å². The van der Waals surface area contributed by atoms with Crippen LogP contribution in [0.4, 0.5) is 8.78 Å². The Morgan fingerprint density at radius 2 is 1.88 bits per heavy atom. The minimum Gasteiger partial charge on any atom is -0.386 e. The molecular weight excluding hydrogens is 327 g/mol. The first kappa shape index (κ1) is 13.8. The summed E-state index contributed by atoms with van der Waals surface area (Å²) < 4.78 is 25.2. The summed E-state index contributed by atoms with van der Waals surface area (Å²) >= 11 is 2.20. The van der Waals surface area contributed by atoms with Gasteiger partial charge in [0.2, 0.25) is 0 Å². The van der Waals surface area contributed by atoms with Gasteiger partial charge in [0.15, 0.2) is 0 Å². The Morgan fingerprint density at radius 3 is 2.38 bits per heavy atom. The van der Waals surface area contributed by atoms with Crippen LogP contribution in [0.25, 0.3) is 0 Å². The van der Waals surface area contributed by atoms with Crippen molar-refractivity contribution in [3.8, 4) is 0 Å². The Bertz CT molecular complexity index is 318. The number of hydrogen-bond donors (Lipinski definition) is 2. The molecule has 16 heavy (non-hydrogen) atoms. The molecule has 0 spiro atoms. The minimum absolute atomic E-state index is 0.0506. The van der Waals surface area contributed by atoms with Gasteiger partial charge in [-0.05, 0) is 47.2 Å². The van der Waals surface area contributed by atoms with Crippen LogP contribution in [-0.2, 0) is 0 Å². The standard InChI is InChI=1S/C11H14F2INO/c1-7(15-6-10(16)11(12)13)8-2-4-9(14)5-3-8/h2-5,7,10-11,15-16H,6H2,1H3. The molecule has 0 bridgehead atoms. The Kier molecular flexibility index (Phi) is 5.57. The van der Waals surface area contributed by atoms with Gasteiger partial charge in [-0.3, -0.25) is 0 Å². The normalized spacial score (nSPS) is 15.1. The van der Waals surface area contributed by atoms with Crippen LogP contribution in [0.5, 0.6) is 0 Å². The van der Waals surface area contributed by atoms with Crippen molar-refractivity contribution in [3.63, 3.8) is 0 Å². The third kappa shape index (κ3) is 4.31. The van der Waals surface area contributed by atoms with E-state index in [0.717, 1.165) is 9.13 Å². The van der Waals surface area contributed by atoms with E-state index < -0.39 is 12.5 Å². The van der Waals surface area contributed by atoms with Gasteiger partial charge >= 0.3 is 0 Å². The van der Waals surface area contributed by atoms with Crippen molar-refractivity contribution >= 4 is 22.6 Å². The molecule has 1 aromatic carbocycles. The Morgan fingerprint density at radius 1 is 1.31 bits per heavy atom. The summed E-state index contributed by atoms with van der Waals surface area (Å²) in [6.45, 7) is 1.77. The summed E-state index contributed by atoms with van der Waals surface area (Å²) in [5.74, 6) is 0. The third-order valence-electron chi connectivity index (χ3n) is 2.29. The molecule has 0 amide bonds. The summed E-state index contributed by atoms with van der Waals surface area (Å²) in [6.07, 6.45) is -4.30. The fourth-order valence-electron chi connectivity index (χ4n) is 1.26. The lowest BCUT2D eigenvalue weighted by Gasteiger charge is -2.17. The van der Waals surface area contributed by atoms with Crippen molar-refractivity contribution in [1.29, 1.82) is 0 Å². The quantitative estimate of drug-likeness (QED) is 0.807. The van der Waals surface area contributed by atoms with E-state index in [0.29, 0.717) is 0 Å². The van der Waals surface area contributed by atoms with E-state index in [1.54, 1.807) is 0 Å². The fourth-order valence-corrected chi connectivity index (χ4v) is 1.62. The predicted octanol–water partition coefficient (Wildman–Crippen LogP) is 2.57. The summed E-state index contributed by atoms with van der Waals surface area (Å²) in [5, 5.41) is 11.8. The van der Waals surface area contributed by atoms with E-state index in [1.807, 2.05) is 31.2 Å². The molecule has 0 fully saturated rings. The van der Waals surface area contributed by atoms with Crippen molar-refractivity contribution in [3.05, 3.63) is 33.4 Å². The number of aliphatic hydroxyl groups excluding tert-OH is 1. The maximum absolute atomic E-state index is 12.0. The first-order chi connectivity index (χ1) is 7.50. The van der Waals surface area contributed by atoms with Crippen LogP contribution < -0.4 is 5.32 Å². The fraction of sp³-hybridized carbons (Fsp3) is 0.455. The molecule has 0 aliphatic heterocycles. The van der Waals surface area contributed by atoms with Crippen molar-refractivity contribution in [1.82, 2.24) is 5.32 Å². The Labute approximate surface area is 107 Å². The Balaban J connectivity index is 2.46. The highest BCUT2D eigenvalue weighted by Crippen LogP contribution is 2.14. The molecule has 90 valence electrons. The molecule has 0 heterocycles. The second kappa shape index (κ2) is 6.46. The zero-order valence-corrected chi connectivity index (χ0v) is 11.0. The third-order valence-corrected chi connectivity index (χ3v) is 3.01. The van der Waals surface area contributed by atoms with Gasteiger partial charge in [0.1, 0.15) is 6.10 Å². The monoisotopic (exact) mass is 341 g/mol. The molecule has 0 aliphatic carbocycles. The molecular formula is C11H14F2INO. The van der Waals surface area contributed by atoms with Gasteiger partial charge in [-0.1, -0.05) is 12.1 Å². The van der Waals surface area contributed by atoms with Crippen LogP contribution in [0, 0.1) is 3.57 Å². The lowest BCUT2D eigenvalue weighted by atomic mass is 10.1. The molecule has 1 aromatic rings. The van der Waals surface area contributed by atoms with Gasteiger partial charge in [-0.15, -0.1) is 0 Å². The molecule has 2 N–H and O–H groups in total. The smallest absolute Gasteiger partial charge is 0.265 e. The zero-order valence-electron chi connectivity index (χ0n) is 8.83. The molecule has 0 saturated heterocycles. The second-order valence-electron chi connectivity index (χ2n) is 3.58. The van der Waals surface area contributed by atoms with E-state index in [-0.39, 0.29) is 12.6 Å². The highest BCUT2D eigenvalue weighted by Gasteiger charge is 2.17. The van der Waals surface area contributed by atoms with Gasteiger partial charge < -0.3 is 10.4 Å². The van der Waals surface area contributed by atoms with Gasteiger partial charge in [0, 0.05) is 16.2 Å². The van der Waals surface area contributed by atoms with E-state index in [4.69, 9.17) is 5.11 Å². The second-order valence-corrected chi connectivity index (χ2v) is 4.83. The first-order valence-electron chi connectivity index (χ1n) is 4.95. The minimum atomic E-state index is -2.70. The highest BCUT2D eigenvalue weighted by molar-refractivity contribution is 14.1. The van der Waals surface area contributed by atoms with Crippen LogP contribution in [0.2, 0.25) is 0 Å². The topological polar surface area (TPSA) is 32.3 Å². The van der Waals surface area contributed by atoms with E-state index in [2.05, 4.69) is 27.9 Å². The largest absolute Gasteiger partial charge is 0.386 e. The molecule has 2 unspecified atom stereocenters. The molecule has 5 heteroatoms. The molecule has 2 nitrogen and oxygen atoms in total. The summed E-state index contributed by atoms with van der Waals surface area (Å²) in [5.41, 5.74) is 1.02. The average Bonchev–Trinajstić information content (AvgIpc) is 2.26. The first-order valence-corrected chi connectivity index (χ1v) is 6.03. The molecule has 0 radical (unpaired) electrons. The van der Waals surface area contributed by atoms with Crippen molar-refractivity contribution < 1.29 is 13.9 Å². The van der Waals surface area contributed by atoms with E-state index in [9.17, 15) is 8.78 Å². The van der Waals surface area contributed by atoms with Gasteiger partial charge in [-0.2, -0.15) is 0 Å². The Hall–Kier alpha value is -0.270. The number of nitrogens with one attached hydrogen (secondary N) is 1. The lowest BCUT2D eigenvalue weighted by Crippen LogP contribution is -2.33. The number of hydrogen-bond acceptors (Lipinski definition) is 2. The number of halogens is 3. The van der Waals surface area contributed by atoms with Crippen molar-refractivity contribution in [2.45, 2.75) is 25.5 Å². The maximum atomic E-state index is 12.0. The van der Waals surface area contributed by atoms with Crippen LogP contribution >= 0.6 is 22.6 Å². The van der Waals surface area contributed by atoms with Crippen molar-refractivity contribution in [2.24, 2.45) is 0 Å². The van der Waals surface area contributed by atoms with E-state index in [1.165, 1.54) is 0 Å². The zero-order chi connectivity index (χ0) is 12.1. The van der Waals surface area contributed by atoms with Gasteiger partial charge in [0.25, 0.3) is 6.43 Å². The summed E-state index contributed by atoms with van der Waals surface area (Å²) in [7, 11) is 0. The van der Waals surface area contributed by atoms with Crippen LogP contribution in [-0.4, -0.2) is 24.2 Å². The molecule has 0 saturated carbocycles. The predicted molar refractivity (Wildman–Crippen MR) is 67.6 cm³/mol. The molecule has 1 rings (SSSR count). The highest BCUT2D eigenvalue weighted by atomic mass is 127. The van der Waals surface area contributed by atoms with Crippen molar-refractivity contribution in [2.75, 3.05) is 6.54 Å². The van der Waals surface area contributed by atoms with Crippen LogP contribution in [0.15, 0.2) is 24.3 Å². The van der Waals surface area contributed by atoms with Crippen LogP contribution in [0.1, 0.15) is 18.5 Å². The van der Waals surface area contributed by atoms with Gasteiger partial charge in [-0.25, -0.2) is 8.78 Å². The molecule has 2 atom stereocenters. The SMILES string of the molecule is CC(NCC(O)C(F)F)c1ccc(I)cc1. The lowest BCUT2D eigenvalue weighted by molar-refractivity contribution is -0.00439. The summed E-state index contributed by atoms with van der Waals surface area (Å²) in [4.78, 5) is 0. The number of benzene rings is 1. The maximum Gasteiger partial charge on any atom is 0.265 e. The molecule has 0 aromatic heterocycles. The van der Waals surface area contributed by atoms with E-state index >= 15 is 0 Å². The number of aliphatic hydroxyl groups is 1. The average molecular weight is 341 g/mol. The number of rotatable bonds is 5. The molecule has 0 aliphatic rings. The number of alkyl halides is 2. The summed E-state index contributed by atoms with van der Waals surface area (Å²) in [6, 6.07) is 7.74.